The van der Waals surface area contributed by atoms with Crippen LogP contribution in [0, 0.1) is 0 Å². The van der Waals surface area contributed by atoms with Gasteiger partial charge < -0.3 is 10.2 Å². The van der Waals surface area contributed by atoms with E-state index in [0.717, 1.165) is 53.8 Å². The largest absolute Gasteiger partial charge is 0.389 e. The lowest BCUT2D eigenvalue weighted by molar-refractivity contribution is -0.0126. The van der Waals surface area contributed by atoms with E-state index in [1.165, 1.54) is 38.5 Å². The third-order valence-corrected chi connectivity index (χ3v) is 6.33. The summed E-state index contributed by atoms with van der Waals surface area (Å²) in [6.07, 6.45) is 14.7. The van der Waals surface area contributed by atoms with Gasteiger partial charge in [-0.15, -0.1) is 0 Å². The van der Waals surface area contributed by atoms with Crippen molar-refractivity contribution in [3.05, 3.63) is 18.0 Å². The van der Waals surface area contributed by atoms with Crippen LogP contribution in [-0.4, -0.2) is 32.1 Å². The Kier molecular flexibility index (Phi) is 3.87. The normalized spacial score (nSPS) is 22.3. The molecule has 1 spiro atoms. The van der Waals surface area contributed by atoms with Gasteiger partial charge in [-0.25, -0.2) is 9.67 Å². The Morgan fingerprint density at radius 3 is 2.77 bits per heavy atom. The third kappa shape index (κ3) is 2.58. The molecule has 1 aliphatic heterocycles. The van der Waals surface area contributed by atoms with E-state index < -0.39 is 0 Å². The SMILES string of the molecule is CCn1ncc2c(NC3CCCC3)c(C3=NOC4(CCCC4)C3)cnc21. The maximum absolute atomic E-state index is 5.94. The number of fused-ring (bicyclic) bond motifs is 1. The van der Waals surface area contributed by atoms with Gasteiger partial charge in [0.2, 0.25) is 0 Å². The van der Waals surface area contributed by atoms with Crippen LogP contribution < -0.4 is 5.32 Å². The first-order valence-electron chi connectivity index (χ1n) is 10.1. The molecule has 0 atom stereocenters. The lowest BCUT2D eigenvalue weighted by atomic mass is 9.92. The van der Waals surface area contributed by atoms with Crippen molar-refractivity contribution in [2.24, 2.45) is 5.16 Å². The molecule has 1 N–H and O–H groups in total. The van der Waals surface area contributed by atoms with Crippen LogP contribution in [0.4, 0.5) is 5.69 Å². The average molecular weight is 353 g/mol. The fourth-order valence-corrected chi connectivity index (χ4v) is 4.86. The highest BCUT2D eigenvalue weighted by molar-refractivity contribution is 6.10. The van der Waals surface area contributed by atoms with Crippen molar-refractivity contribution in [3.8, 4) is 0 Å². The van der Waals surface area contributed by atoms with Gasteiger partial charge in [0.1, 0.15) is 5.60 Å². The Hall–Kier alpha value is -2.11. The molecule has 0 saturated heterocycles. The van der Waals surface area contributed by atoms with Crippen molar-refractivity contribution in [2.45, 2.75) is 82.9 Å². The number of pyridine rings is 1. The van der Waals surface area contributed by atoms with Gasteiger partial charge in [0.15, 0.2) is 5.65 Å². The first-order chi connectivity index (χ1) is 12.8. The van der Waals surface area contributed by atoms with Crippen molar-refractivity contribution in [2.75, 3.05) is 5.32 Å². The molecule has 3 heterocycles. The highest BCUT2D eigenvalue weighted by Crippen LogP contribution is 2.42. The zero-order valence-corrected chi connectivity index (χ0v) is 15.5. The number of hydrogen-bond donors (Lipinski definition) is 1. The van der Waals surface area contributed by atoms with Crippen molar-refractivity contribution in [1.29, 1.82) is 0 Å². The molecule has 0 unspecified atom stereocenters. The van der Waals surface area contributed by atoms with Crippen LogP contribution in [0.5, 0.6) is 0 Å². The van der Waals surface area contributed by atoms with Crippen molar-refractivity contribution in [3.63, 3.8) is 0 Å². The maximum atomic E-state index is 5.94. The topological polar surface area (TPSA) is 64.3 Å². The summed E-state index contributed by atoms with van der Waals surface area (Å²) in [6.45, 7) is 2.93. The van der Waals surface area contributed by atoms with E-state index in [4.69, 9.17) is 9.82 Å². The van der Waals surface area contributed by atoms with E-state index in [1.54, 1.807) is 0 Å². The van der Waals surface area contributed by atoms with Crippen LogP contribution >= 0.6 is 0 Å². The van der Waals surface area contributed by atoms with E-state index in [2.05, 4.69) is 22.5 Å². The predicted octanol–water partition coefficient (Wildman–Crippen LogP) is 4.24. The van der Waals surface area contributed by atoms with Crippen LogP contribution in [0.2, 0.25) is 0 Å². The fraction of sp³-hybridized carbons (Fsp3) is 0.650. The van der Waals surface area contributed by atoms with Gasteiger partial charge in [-0.1, -0.05) is 18.0 Å². The summed E-state index contributed by atoms with van der Waals surface area (Å²) >= 11 is 0. The second-order valence-corrected chi connectivity index (χ2v) is 8.07. The minimum Gasteiger partial charge on any atom is -0.389 e. The van der Waals surface area contributed by atoms with Gasteiger partial charge in [0.25, 0.3) is 0 Å². The van der Waals surface area contributed by atoms with Crippen LogP contribution in [0.1, 0.15) is 70.3 Å². The summed E-state index contributed by atoms with van der Waals surface area (Å²) in [5.41, 5.74) is 4.20. The molecule has 5 rings (SSSR count). The summed E-state index contributed by atoms with van der Waals surface area (Å²) in [5, 5.41) is 14.0. The van der Waals surface area contributed by atoms with Gasteiger partial charge in [0.05, 0.1) is 23.0 Å². The monoisotopic (exact) mass is 353 g/mol. The number of oxime groups is 1. The molecule has 0 aromatic carbocycles. The number of rotatable bonds is 4. The molecule has 0 bridgehead atoms. The van der Waals surface area contributed by atoms with E-state index >= 15 is 0 Å². The molecular formula is C20H27N5O. The predicted molar refractivity (Wildman–Crippen MR) is 103 cm³/mol. The smallest absolute Gasteiger partial charge is 0.159 e. The number of aryl methyl sites for hydroxylation is 1. The third-order valence-electron chi connectivity index (χ3n) is 6.33. The Morgan fingerprint density at radius 1 is 1.19 bits per heavy atom. The molecule has 2 fully saturated rings. The van der Waals surface area contributed by atoms with Crippen molar-refractivity contribution in [1.82, 2.24) is 14.8 Å². The molecule has 6 heteroatoms. The Morgan fingerprint density at radius 2 is 2.00 bits per heavy atom. The molecule has 2 aromatic heterocycles. The minimum atomic E-state index is -0.0531. The fourth-order valence-electron chi connectivity index (χ4n) is 4.86. The molecule has 0 radical (unpaired) electrons. The Balaban J connectivity index is 1.55. The van der Waals surface area contributed by atoms with Gasteiger partial charge in [-0.2, -0.15) is 5.10 Å². The standard InChI is InChI=1S/C20H27N5O/c1-2-25-19-16(13-22-25)18(23-14-7-3-4-8-14)15(12-21-19)17-11-20(26-24-17)9-5-6-10-20/h12-14H,2-11H2,1H3,(H,21,23). The maximum Gasteiger partial charge on any atom is 0.159 e. The highest BCUT2D eigenvalue weighted by atomic mass is 16.7. The zero-order chi connectivity index (χ0) is 17.6. The number of hydrogen-bond acceptors (Lipinski definition) is 5. The molecule has 6 nitrogen and oxygen atoms in total. The van der Waals surface area contributed by atoms with Gasteiger partial charge >= 0.3 is 0 Å². The molecular weight excluding hydrogens is 326 g/mol. The zero-order valence-electron chi connectivity index (χ0n) is 15.5. The summed E-state index contributed by atoms with van der Waals surface area (Å²) in [4.78, 5) is 10.7. The summed E-state index contributed by atoms with van der Waals surface area (Å²) < 4.78 is 1.96. The summed E-state index contributed by atoms with van der Waals surface area (Å²) in [7, 11) is 0. The molecule has 0 amide bonds. The highest BCUT2D eigenvalue weighted by Gasteiger charge is 2.42. The van der Waals surface area contributed by atoms with E-state index in [1.807, 2.05) is 17.1 Å². The van der Waals surface area contributed by atoms with Crippen LogP contribution in [0.3, 0.4) is 0 Å². The molecule has 2 saturated carbocycles. The molecule has 2 aliphatic carbocycles. The Labute approximate surface area is 154 Å². The number of nitrogens with one attached hydrogen (secondary N) is 1. The second kappa shape index (κ2) is 6.25. The van der Waals surface area contributed by atoms with Crippen LogP contribution in [0.15, 0.2) is 17.5 Å². The number of nitrogens with zero attached hydrogens (tertiary/aromatic N) is 4. The van der Waals surface area contributed by atoms with E-state index in [0.29, 0.717) is 6.04 Å². The molecule has 138 valence electrons. The first kappa shape index (κ1) is 16.1. The summed E-state index contributed by atoms with van der Waals surface area (Å²) in [5.74, 6) is 0. The van der Waals surface area contributed by atoms with Crippen LogP contribution in [-0.2, 0) is 11.4 Å². The lowest BCUT2D eigenvalue weighted by Gasteiger charge is -2.20. The lowest BCUT2D eigenvalue weighted by Crippen LogP contribution is -2.25. The van der Waals surface area contributed by atoms with Crippen molar-refractivity contribution >= 4 is 22.4 Å². The average Bonchev–Trinajstić information content (AvgIpc) is 3.43. The molecule has 2 aromatic rings. The van der Waals surface area contributed by atoms with Gasteiger partial charge in [-0.05, 0) is 45.4 Å². The van der Waals surface area contributed by atoms with Crippen molar-refractivity contribution < 1.29 is 4.84 Å². The quantitative estimate of drug-likeness (QED) is 0.893. The van der Waals surface area contributed by atoms with Gasteiger partial charge in [0, 0.05) is 30.8 Å². The number of anilines is 1. The van der Waals surface area contributed by atoms with Crippen LogP contribution in [0.25, 0.3) is 11.0 Å². The second-order valence-electron chi connectivity index (χ2n) is 8.07. The van der Waals surface area contributed by atoms with E-state index in [-0.39, 0.29) is 5.60 Å². The Bertz CT molecular complexity index is 843. The van der Waals surface area contributed by atoms with Gasteiger partial charge in [-0.3, -0.25) is 0 Å². The van der Waals surface area contributed by atoms with E-state index in [9.17, 15) is 0 Å². The minimum absolute atomic E-state index is 0.0531. The molecule has 3 aliphatic rings. The molecule has 26 heavy (non-hydrogen) atoms. The summed E-state index contributed by atoms with van der Waals surface area (Å²) in [6, 6.07) is 0.535. The first-order valence-corrected chi connectivity index (χ1v) is 10.1. The number of aromatic nitrogens is 3.